The van der Waals surface area contributed by atoms with Gasteiger partial charge in [-0.2, -0.15) is 0 Å². The first-order chi connectivity index (χ1) is 9.16. The quantitative estimate of drug-likeness (QED) is 0.563. The minimum atomic E-state index is -0.424. The van der Waals surface area contributed by atoms with E-state index in [0.717, 1.165) is 4.90 Å². The fourth-order valence-corrected chi connectivity index (χ4v) is 3.15. The number of anilines is 1. The highest BCUT2D eigenvalue weighted by Gasteiger charge is 2.60. The van der Waals surface area contributed by atoms with Crippen LogP contribution in [0.4, 0.5) is 10.1 Å². The molecule has 3 aliphatic rings. The molecule has 0 aromatic heterocycles. The maximum Gasteiger partial charge on any atom is 0.240 e. The van der Waals surface area contributed by atoms with Crippen LogP contribution in [0, 0.1) is 17.7 Å². The van der Waals surface area contributed by atoms with Gasteiger partial charge in [-0.1, -0.05) is 12.2 Å². The lowest BCUT2D eigenvalue weighted by molar-refractivity contribution is -0.124. The van der Waals surface area contributed by atoms with Gasteiger partial charge in [0.25, 0.3) is 0 Å². The molecule has 5 heteroatoms. The van der Waals surface area contributed by atoms with E-state index in [-0.39, 0.29) is 24.0 Å². The summed E-state index contributed by atoms with van der Waals surface area (Å²) in [5, 5.41) is 0. The van der Waals surface area contributed by atoms with E-state index >= 15 is 0 Å². The first-order valence-electron chi connectivity index (χ1n) is 6.14. The van der Waals surface area contributed by atoms with Gasteiger partial charge < -0.3 is 4.74 Å². The van der Waals surface area contributed by atoms with Crippen molar-refractivity contribution in [3.8, 4) is 0 Å². The van der Waals surface area contributed by atoms with Gasteiger partial charge in [-0.3, -0.25) is 9.59 Å². The first-order valence-corrected chi connectivity index (χ1v) is 6.14. The summed E-state index contributed by atoms with van der Waals surface area (Å²) in [6.45, 7) is 0. The van der Waals surface area contributed by atoms with E-state index in [2.05, 4.69) is 0 Å². The van der Waals surface area contributed by atoms with Gasteiger partial charge in [-0.25, -0.2) is 9.29 Å². The molecule has 2 bridgehead atoms. The second-order valence-corrected chi connectivity index (χ2v) is 4.99. The highest BCUT2D eigenvalue weighted by atomic mass is 19.1. The minimum absolute atomic E-state index is 0.251. The number of ether oxygens (including phenoxy) is 1. The maximum absolute atomic E-state index is 12.9. The average molecular weight is 259 g/mol. The molecule has 4 rings (SSSR count). The van der Waals surface area contributed by atoms with Gasteiger partial charge in [0, 0.05) is 0 Å². The number of carbonyl (C=O) groups is 2. The second-order valence-electron chi connectivity index (χ2n) is 4.99. The smallest absolute Gasteiger partial charge is 0.240 e. The molecule has 0 radical (unpaired) electrons. The van der Waals surface area contributed by atoms with Crippen LogP contribution < -0.4 is 4.90 Å². The Balaban J connectivity index is 1.74. The molecule has 2 fully saturated rings. The van der Waals surface area contributed by atoms with Gasteiger partial charge in [-0.05, 0) is 24.3 Å². The SMILES string of the molecule is O=C1C2C3C=CC(O3)C2C(=O)N1c1ccc(F)cc1. The Hall–Kier alpha value is -2.01. The van der Waals surface area contributed by atoms with Crippen LogP contribution in [0.1, 0.15) is 0 Å². The summed E-state index contributed by atoms with van der Waals surface area (Å²) in [7, 11) is 0. The van der Waals surface area contributed by atoms with Crippen molar-refractivity contribution in [1.29, 1.82) is 0 Å². The van der Waals surface area contributed by atoms with Crippen LogP contribution >= 0.6 is 0 Å². The standard InChI is InChI=1S/C14H10FNO3/c15-7-1-3-8(4-2-7)16-13(17)11-9-5-6-10(19-9)12(11)14(16)18/h1-6,9-12H. The number of imide groups is 1. The lowest BCUT2D eigenvalue weighted by atomic mass is 9.85. The van der Waals surface area contributed by atoms with Gasteiger partial charge in [0.05, 0.1) is 29.7 Å². The molecule has 0 aliphatic carbocycles. The van der Waals surface area contributed by atoms with Gasteiger partial charge in [-0.15, -0.1) is 0 Å². The highest BCUT2D eigenvalue weighted by molar-refractivity contribution is 6.23. The topological polar surface area (TPSA) is 46.6 Å². The van der Waals surface area contributed by atoms with Crippen molar-refractivity contribution in [2.24, 2.45) is 11.8 Å². The Morgan fingerprint density at radius 3 is 2.00 bits per heavy atom. The summed E-state index contributed by atoms with van der Waals surface area (Å²) < 4.78 is 18.5. The average Bonchev–Trinajstić information content (AvgIpc) is 3.06. The molecule has 1 aromatic rings. The summed E-state index contributed by atoms with van der Waals surface area (Å²) in [5.74, 6) is -1.75. The third kappa shape index (κ3) is 1.30. The number of amides is 2. The monoisotopic (exact) mass is 259 g/mol. The molecule has 3 heterocycles. The minimum Gasteiger partial charge on any atom is -0.365 e. The van der Waals surface area contributed by atoms with E-state index in [9.17, 15) is 14.0 Å². The molecule has 2 saturated heterocycles. The highest BCUT2D eigenvalue weighted by Crippen LogP contribution is 2.46. The van der Waals surface area contributed by atoms with Crippen LogP contribution in [0.3, 0.4) is 0 Å². The van der Waals surface area contributed by atoms with Crippen LogP contribution in [-0.4, -0.2) is 24.0 Å². The van der Waals surface area contributed by atoms with E-state index in [0.29, 0.717) is 5.69 Å². The fraction of sp³-hybridized carbons (Fsp3) is 0.286. The van der Waals surface area contributed by atoms with Crippen molar-refractivity contribution in [3.63, 3.8) is 0 Å². The number of benzene rings is 1. The molecular formula is C14H10FNO3. The summed E-state index contributed by atoms with van der Waals surface area (Å²) >= 11 is 0. The van der Waals surface area contributed by atoms with E-state index in [1.54, 1.807) is 0 Å². The van der Waals surface area contributed by atoms with E-state index in [4.69, 9.17) is 4.74 Å². The van der Waals surface area contributed by atoms with E-state index in [1.807, 2.05) is 12.2 Å². The number of hydrogen-bond donors (Lipinski definition) is 0. The molecule has 19 heavy (non-hydrogen) atoms. The van der Waals surface area contributed by atoms with Crippen molar-refractivity contribution < 1.29 is 18.7 Å². The third-order valence-electron chi connectivity index (χ3n) is 4.00. The Morgan fingerprint density at radius 1 is 0.947 bits per heavy atom. The van der Waals surface area contributed by atoms with Crippen LogP contribution in [0.25, 0.3) is 0 Å². The molecular weight excluding hydrogens is 249 g/mol. The molecule has 3 aliphatic heterocycles. The summed E-state index contributed by atoms with van der Waals surface area (Å²) in [6, 6.07) is 5.38. The zero-order valence-electron chi connectivity index (χ0n) is 9.82. The van der Waals surface area contributed by atoms with Crippen molar-refractivity contribution in [1.82, 2.24) is 0 Å². The molecule has 4 nitrogen and oxygen atoms in total. The number of nitrogens with zero attached hydrogens (tertiary/aromatic N) is 1. The number of fused-ring (bicyclic) bond motifs is 5. The number of rotatable bonds is 1. The summed E-state index contributed by atoms with van der Waals surface area (Å²) in [5.41, 5.74) is 0.421. The predicted molar refractivity (Wildman–Crippen MR) is 63.7 cm³/mol. The number of halogens is 1. The van der Waals surface area contributed by atoms with Gasteiger partial charge in [0.15, 0.2) is 0 Å². The largest absolute Gasteiger partial charge is 0.365 e. The van der Waals surface area contributed by atoms with Crippen molar-refractivity contribution >= 4 is 17.5 Å². The number of carbonyl (C=O) groups excluding carboxylic acids is 2. The second kappa shape index (κ2) is 3.51. The molecule has 1 aromatic carbocycles. The number of hydrogen-bond acceptors (Lipinski definition) is 3. The van der Waals surface area contributed by atoms with Gasteiger partial charge >= 0.3 is 0 Å². The Bertz CT molecular complexity index is 580. The van der Waals surface area contributed by atoms with Crippen LogP contribution in [0.5, 0.6) is 0 Å². The summed E-state index contributed by atoms with van der Waals surface area (Å²) in [4.78, 5) is 25.9. The van der Waals surface area contributed by atoms with Crippen LogP contribution in [0.15, 0.2) is 36.4 Å². The van der Waals surface area contributed by atoms with E-state index < -0.39 is 17.7 Å². The zero-order valence-corrected chi connectivity index (χ0v) is 9.82. The normalized spacial score (nSPS) is 35.3. The fourth-order valence-electron chi connectivity index (χ4n) is 3.15. The molecule has 96 valence electrons. The molecule has 0 N–H and O–H groups in total. The van der Waals surface area contributed by atoms with Crippen LogP contribution in [0.2, 0.25) is 0 Å². The molecule has 2 amide bonds. The lowest BCUT2D eigenvalue weighted by Crippen LogP contribution is -2.34. The molecule has 4 atom stereocenters. The predicted octanol–water partition coefficient (Wildman–Crippen LogP) is 1.27. The van der Waals surface area contributed by atoms with Crippen molar-refractivity contribution in [2.75, 3.05) is 4.90 Å². The lowest BCUT2D eigenvalue weighted by Gasteiger charge is -2.17. The Morgan fingerprint density at radius 2 is 1.47 bits per heavy atom. The first kappa shape index (κ1) is 10.9. The van der Waals surface area contributed by atoms with Crippen molar-refractivity contribution in [2.45, 2.75) is 12.2 Å². The van der Waals surface area contributed by atoms with Crippen molar-refractivity contribution in [3.05, 3.63) is 42.2 Å². The van der Waals surface area contributed by atoms with E-state index in [1.165, 1.54) is 24.3 Å². The third-order valence-corrected chi connectivity index (χ3v) is 4.00. The molecule has 0 saturated carbocycles. The Labute approximate surface area is 108 Å². The van der Waals surface area contributed by atoms with Crippen LogP contribution in [-0.2, 0) is 14.3 Å². The Kier molecular flexibility index (Phi) is 2.01. The zero-order chi connectivity index (χ0) is 13.1. The molecule has 4 unspecified atom stereocenters. The molecule has 0 spiro atoms. The maximum atomic E-state index is 12.9. The summed E-state index contributed by atoms with van der Waals surface area (Å²) in [6.07, 6.45) is 3.09. The van der Waals surface area contributed by atoms with Gasteiger partial charge in [0.1, 0.15) is 5.82 Å². The van der Waals surface area contributed by atoms with Gasteiger partial charge in [0.2, 0.25) is 11.8 Å².